The van der Waals surface area contributed by atoms with Gasteiger partial charge >= 0.3 is 5.97 Å². The third kappa shape index (κ3) is 3.06. The molecular weight excluding hydrogens is 380 g/mol. The molecule has 5 nitrogen and oxygen atoms in total. The van der Waals surface area contributed by atoms with Gasteiger partial charge in [-0.1, -0.05) is 20.8 Å². The number of halogens is 4. The van der Waals surface area contributed by atoms with Crippen LogP contribution in [-0.4, -0.2) is 24.2 Å². The predicted molar refractivity (Wildman–Crippen MR) is 91.4 cm³/mol. The number of hydrogen-bond donors (Lipinski definition) is 1. The first-order valence-electron chi connectivity index (χ1n) is 8.85. The van der Waals surface area contributed by atoms with E-state index in [9.17, 15) is 27.2 Å². The first-order valence-corrected chi connectivity index (χ1v) is 8.85. The van der Waals surface area contributed by atoms with E-state index in [-0.39, 0.29) is 16.9 Å². The Kier molecular flexibility index (Phi) is 4.97. The molecule has 0 radical (unpaired) electrons. The van der Waals surface area contributed by atoms with Crippen molar-refractivity contribution in [1.29, 1.82) is 0 Å². The Hall–Kier alpha value is -2.45. The number of nitrogens with zero attached hydrogens (tertiary/aromatic N) is 1. The third-order valence-electron chi connectivity index (χ3n) is 6.48. The number of esters is 1. The van der Waals surface area contributed by atoms with Gasteiger partial charge in [-0.05, 0) is 36.7 Å². The molecule has 0 spiro atoms. The van der Waals surface area contributed by atoms with Crippen molar-refractivity contribution in [2.24, 2.45) is 21.8 Å². The zero-order valence-corrected chi connectivity index (χ0v) is 15.7. The van der Waals surface area contributed by atoms with Crippen molar-refractivity contribution in [3.63, 3.8) is 0 Å². The molecule has 1 aromatic rings. The minimum absolute atomic E-state index is 0.0667. The molecule has 0 aromatic heterocycles. The maximum atomic E-state index is 13.6. The van der Waals surface area contributed by atoms with E-state index in [0.717, 1.165) is 25.0 Å². The SMILES string of the molecule is CC12CCC(C/C1=N\NC(=O)COC(=O)c1cc(F)c(F)c(F)c1F)C2(C)C. The number of nitrogens with one attached hydrogen (secondary N) is 1. The zero-order valence-electron chi connectivity index (χ0n) is 15.7. The molecule has 2 unspecified atom stereocenters. The number of fused-ring (bicyclic) bond motifs is 2. The summed E-state index contributed by atoms with van der Waals surface area (Å²) < 4.78 is 57.4. The van der Waals surface area contributed by atoms with Crippen LogP contribution >= 0.6 is 0 Å². The van der Waals surface area contributed by atoms with Crippen LogP contribution in [0.4, 0.5) is 17.6 Å². The first kappa shape index (κ1) is 20.3. The topological polar surface area (TPSA) is 67.8 Å². The van der Waals surface area contributed by atoms with E-state index in [0.29, 0.717) is 5.92 Å². The fourth-order valence-electron chi connectivity index (χ4n) is 4.19. The van der Waals surface area contributed by atoms with Crippen molar-refractivity contribution in [1.82, 2.24) is 5.43 Å². The lowest BCUT2D eigenvalue weighted by Crippen LogP contribution is -2.35. The molecule has 1 N–H and O–H groups in total. The number of rotatable bonds is 4. The molecule has 2 bridgehead atoms. The summed E-state index contributed by atoms with van der Waals surface area (Å²) in [4.78, 5) is 23.6. The Balaban J connectivity index is 1.61. The summed E-state index contributed by atoms with van der Waals surface area (Å²) in [5, 5.41) is 4.16. The quantitative estimate of drug-likeness (QED) is 0.275. The van der Waals surface area contributed by atoms with Gasteiger partial charge in [-0.2, -0.15) is 5.10 Å². The van der Waals surface area contributed by atoms with Crippen LogP contribution in [0.15, 0.2) is 11.2 Å². The molecule has 3 rings (SSSR count). The molecule has 9 heteroatoms. The summed E-state index contributed by atoms with van der Waals surface area (Å²) >= 11 is 0. The highest BCUT2D eigenvalue weighted by Gasteiger charge is 2.60. The maximum Gasteiger partial charge on any atom is 0.341 e. The molecule has 0 heterocycles. The molecule has 0 saturated heterocycles. The van der Waals surface area contributed by atoms with Crippen LogP contribution in [-0.2, 0) is 9.53 Å². The molecule has 0 aliphatic heterocycles. The molecule has 152 valence electrons. The summed E-state index contributed by atoms with van der Waals surface area (Å²) in [6.07, 6.45) is 2.84. The normalized spacial score (nSPS) is 26.5. The van der Waals surface area contributed by atoms with Gasteiger partial charge in [0.15, 0.2) is 29.9 Å². The van der Waals surface area contributed by atoms with Crippen LogP contribution in [0.1, 0.15) is 50.4 Å². The van der Waals surface area contributed by atoms with Gasteiger partial charge in [-0.15, -0.1) is 0 Å². The van der Waals surface area contributed by atoms with Crippen molar-refractivity contribution in [3.8, 4) is 0 Å². The molecule has 2 fully saturated rings. The molecule has 2 aliphatic carbocycles. The Morgan fingerprint density at radius 2 is 1.86 bits per heavy atom. The van der Waals surface area contributed by atoms with Gasteiger partial charge in [0.25, 0.3) is 5.91 Å². The predicted octanol–water partition coefficient (Wildman–Crippen LogP) is 3.72. The summed E-state index contributed by atoms with van der Waals surface area (Å²) in [7, 11) is 0. The average molecular weight is 400 g/mol. The first-order chi connectivity index (χ1) is 13.0. The lowest BCUT2D eigenvalue weighted by molar-refractivity contribution is -0.124. The Bertz CT molecular complexity index is 884. The highest BCUT2D eigenvalue weighted by atomic mass is 19.2. The smallest absolute Gasteiger partial charge is 0.341 e. The summed E-state index contributed by atoms with van der Waals surface area (Å²) in [5.74, 6) is -9.59. The van der Waals surface area contributed by atoms with E-state index in [2.05, 4.69) is 36.0 Å². The Morgan fingerprint density at radius 3 is 2.43 bits per heavy atom. The average Bonchev–Trinajstić information content (AvgIpc) is 2.98. The highest BCUT2D eigenvalue weighted by molar-refractivity contribution is 5.95. The van der Waals surface area contributed by atoms with E-state index in [1.807, 2.05) is 0 Å². The number of hydrogen-bond acceptors (Lipinski definition) is 4. The van der Waals surface area contributed by atoms with E-state index >= 15 is 0 Å². The number of carbonyl (C=O) groups is 2. The minimum atomic E-state index is -2.13. The fraction of sp³-hybridized carbons (Fsp3) is 0.526. The van der Waals surface area contributed by atoms with Crippen LogP contribution in [0.5, 0.6) is 0 Å². The lowest BCUT2D eigenvalue weighted by atomic mass is 9.70. The van der Waals surface area contributed by atoms with Crippen LogP contribution < -0.4 is 5.43 Å². The van der Waals surface area contributed by atoms with Gasteiger partial charge in [0.1, 0.15) is 5.56 Å². The number of benzene rings is 1. The molecular formula is C19H20F4N2O3. The largest absolute Gasteiger partial charge is 0.452 e. The molecule has 2 atom stereocenters. The van der Waals surface area contributed by atoms with E-state index in [1.165, 1.54) is 0 Å². The molecule has 1 aromatic carbocycles. The van der Waals surface area contributed by atoms with E-state index in [1.54, 1.807) is 0 Å². The minimum Gasteiger partial charge on any atom is -0.452 e. The Morgan fingerprint density at radius 1 is 1.18 bits per heavy atom. The van der Waals surface area contributed by atoms with Gasteiger partial charge in [-0.25, -0.2) is 27.8 Å². The Labute approximate surface area is 159 Å². The van der Waals surface area contributed by atoms with Crippen LogP contribution in [0, 0.1) is 40.0 Å². The number of hydrazone groups is 1. The van der Waals surface area contributed by atoms with Crippen molar-refractivity contribution in [2.45, 2.75) is 40.0 Å². The number of carbonyl (C=O) groups excluding carboxylic acids is 2. The highest BCUT2D eigenvalue weighted by Crippen LogP contribution is 2.63. The van der Waals surface area contributed by atoms with Crippen molar-refractivity contribution in [3.05, 3.63) is 34.9 Å². The van der Waals surface area contributed by atoms with Gasteiger partial charge < -0.3 is 4.74 Å². The lowest BCUT2D eigenvalue weighted by Gasteiger charge is -2.34. The second-order valence-electron chi connectivity index (χ2n) is 8.01. The zero-order chi connectivity index (χ0) is 20.9. The van der Waals surface area contributed by atoms with Crippen LogP contribution in [0.2, 0.25) is 0 Å². The van der Waals surface area contributed by atoms with Crippen molar-refractivity contribution >= 4 is 17.6 Å². The summed E-state index contributed by atoms with van der Waals surface area (Å²) in [6.45, 7) is 5.61. The standard InChI is InChI=1S/C19H20F4N2O3/c1-18(2)9-4-5-19(18,3)12(6-9)24-25-13(26)8-28-17(27)10-7-11(20)15(22)16(23)14(10)21/h7,9H,4-6,8H2,1-3H3,(H,25,26)/b24-12+. The van der Waals surface area contributed by atoms with Gasteiger partial charge in [0.05, 0.1) is 0 Å². The van der Waals surface area contributed by atoms with E-state index < -0.39 is 47.3 Å². The second kappa shape index (κ2) is 6.86. The molecule has 1 amide bonds. The summed E-state index contributed by atoms with van der Waals surface area (Å²) in [5.41, 5.74) is 1.95. The number of amides is 1. The monoisotopic (exact) mass is 400 g/mol. The molecule has 28 heavy (non-hydrogen) atoms. The third-order valence-corrected chi connectivity index (χ3v) is 6.48. The number of ether oxygens (including phenoxy) is 1. The molecule has 2 aliphatic rings. The summed E-state index contributed by atoms with van der Waals surface area (Å²) in [6, 6.07) is 0.173. The van der Waals surface area contributed by atoms with Gasteiger partial charge in [0, 0.05) is 11.1 Å². The van der Waals surface area contributed by atoms with Gasteiger partial charge in [-0.3, -0.25) is 4.79 Å². The fourth-order valence-corrected chi connectivity index (χ4v) is 4.19. The second-order valence-corrected chi connectivity index (χ2v) is 8.01. The molecule has 2 saturated carbocycles. The van der Waals surface area contributed by atoms with Gasteiger partial charge in [0.2, 0.25) is 0 Å². The van der Waals surface area contributed by atoms with Crippen LogP contribution in [0.25, 0.3) is 0 Å². The van der Waals surface area contributed by atoms with Crippen LogP contribution in [0.3, 0.4) is 0 Å². The van der Waals surface area contributed by atoms with Crippen molar-refractivity contribution in [2.75, 3.05) is 6.61 Å². The maximum absolute atomic E-state index is 13.6. The van der Waals surface area contributed by atoms with Crippen molar-refractivity contribution < 1.29 is 31.9 Å². The van der Waals surface area contributed by atoms with E-state index in [4.69, 9.17) is 0 Å².